The zero-order chi connectivity index (χ0) is 21.1. The van der Waals surface area contributed by atoms with Crippen molar-refractivity contribution >= 4 is 38.4 Å². The Morgan fingerprint density at radius 2 is 1.47 bits per heavy atom. The van der Waals surface area contributed by atoms with Crippen LogP contribution < -0.4 is 14.8 Å². The fraction of sp³-hybridized carbons (Fsp3) is 0.0909. The van der Waals surface area contributed by atoms with E-state index in [4.69, 9.17) is 4.74 Å². The van der Waals surface area contributed by atoms with Crippen LogP contribution in [0, 0.1) is 6.92 Å². The molecular weight excluding hydrogens is 400 g/mol. The van der Waals surface area contributed by atoms with Crippen LogP contribution in [0.5, 0.6) is 5.75 Å². The first-order valence-electron chi connectivity index (χ1n) is 9.22. The quantitative estimate of drug-likeness (QED) is 0.477. The van der Waals surface area contributed by atoms with Crippen LogP contribution in [0.3, 0.4) is 0 Å². The summed E-state index contributed by atoms with van der Waals surface area (Å²) in [6, 6.07) is 21.0. The molecule has 30 heavy (non-hydrogen) atoms. The number of aromatic nitrogens is 2. The van der Waals surface area contributed by atoms with E-state index in [1.54, 1.807) is 31.4 Å². The number of hydrogen-bond donors (Lipinski definition) is 2. The van der Waals surface area contributed by atoms with Crippen LogP contribution in [-0.2, 0) is 10.0 Å². The number of rotatable bonds is 6. The van der Waals surface area contributed by atoms with Crippen LogP contribution in [0.2, 0.25) is 0 Å². The smallest absolute Gasteiger partial charge is 0.263 e. The molecular formula is C22H20N4O3S. The lowest BCUT2D eigenvalue weighted by molar-refractivity contribution is 0.415. The van der Waals surface area contributed by atoms with Crippen molar-refractivity contribution in [3.8, 4) is 5.75 Å². The van der Waals surface area contributed by atoms with Gasteiger partial charge in [-0.05, 0) is 42.8 Å². The highest BCUT2D eigenvalue weighted by Crippen LogP contribution is 2.30. The molecule has 2 N–H and O–H groups in total. The fourth-order valence-electron chi connectivity index (χ4n) is 2.93. The van der Waals surface area contributed by atoms with Crippen LogP contribution in [0.15, 0.2) is 77.7 Å². The lowest BCUT2D eigenvalue weighted by atomic mass is 10.2. The first kappa shape index (κ1) is 19.7. The van der Waals surface area contributed by atoms with Gasteiger partial charge >= 0.3 is 0 Å². The minimum Gasteiger partial charge on any atom is -0.497 e. The molecule has 1 aromatic heterocycles. The average Bonchev–Trinajstić information content (AvgIpc) is 2.76. The zero-order valence-electron chi connectivity index (χ0n) is 16.5. The van der Waals surface area contributed by atoms with Gasteiger partial charge in [-0.25, -0.2) is 18.4 Å². The number of para-hydroxylation sites is 2. The molecule has 4 rings (SSSR count). The fourth-order valence-corrected chi connectivity index (χ4v) is 3.96. The molecule has 7 nitrogen and oxygen atoms in total. The maximum Gasteiger partial charge on any atom is 0.263 e. The minimum absolute atomic E-state index is 0.111. The largest absolute Gasteiger partial charge is 0.497 e. The number of hydrogen-bond acceptors (Lipinski definition) is 6. The summed E-state index contributed by atoms with van der Waals surface area (Å²) in [5, 5.41) is 3.20. The summed E-state index contributed by atoms with van der Waals surface area (Å²) in [6.45, 7) is 1.93. The maximum absolute atomic E-state index is 12.9. The molecule has 152 valence electrons. The van der Waals surface area contributed by atoms with Crippen molar-refractivity contribution in [2.45, 2.75) is 11.8 Å². The Morgan fingerprint density at radius 3 is 2.13 bits per heavy atom. The van der Waals surface area contributed by atoms with Crippen LogP contribution >= 0.6 is 0 Å². The molecule has 0 radical (unpaired) electrons. The van der Waals surface area contributed by atoms with Crippen molar-refractivity contribution in [3.63, 3.8) is 0 Å². The molecule has 0 fully saturated rings. The summed E-state index contributed by atoms with van der Waals surface area (Å²) in [6.07, 6.45) is 0. The van der Waals surface area contributed by atoms with Crippen molar-refractivity contribution in [2.24, 2.45) is 0 Å². The Balaban J connectivity index is 1.80. The third kappa shape index (κ3) is 4.04. The van der Waals surface area contributed by atoms with Crippen molar-refractivity contribution in [2.75, 3.05) is 17.1 Å². The van der Waals surface area contributed by atoms with Crippen molar-refractivity contribution in [3.05, 3.63) is 78.4 Å². The summed E-state index contributed by atoms with van der Waals surface area (Å²) in [5.74, 6) is 1.08. The van der Waals surface area contributed by atoms with Gasteiger partial charge in [-0.3, -0.25) is 4.72 Å². The number of nitrogens with one attached hydrogen (secondary N) is 2. The van der Waals surface area contributed by atoms with Gasteiger partial charge in [-0.1, -0.05) is 36.4 Å². The molecule has 0 saturated heterocycles. The van der Waals surface area contributed by atoms with E-state index in [0.29, 0.717) is 22.6 Å². The molecule has 0 atom stereocenters. The van der Waals surface area contributed by atoms with Crippen molar-refractivity contribution in [1.29, 1.82) is 0 Å². The van der Waals surface area contributed by atoms with Crippen LogP contribution in [0.1, 0.15) is 5.56 Å². The monoisotopic (exact) mass is 420 g/mol. The second-order valence-corrected chi connectivity index (χ2v) is 8.32. The molecule has 3 aromatic carbocycles. The Bertz CT molecular complexity index is 1310. The average molecular weight is 420 g/mol. The normalized spacial score (nSPS) is 11.3. The highest BCUT2D eigenvalue weighted by molar-refractivity contribution is 7.92. The van der Waals surface area contributed by atoms with Gasteiger partial charge < -0.3 is 10.1 Å². The van der Waals surface area contributed by atoms with Crippen molar-refractivity contribution < 1.29 is 13.2 Å². The lowest BCUT2D eigenvalue weighted by Gasteiger charge is -2.15. The predicted molar refractivity (Wildman–Crippen MR) is 118 cm³/mol. The molecule has 0 bridgehead atoms. The van der Waals surface area contributed by atoms with Crippen molar-refractivity contribution in [1.82, 2.24) is 9.97 Å². The van der Waals surface area contributed by atoms with Gasteiger partial charge in [0.15, 0.2) is 11.6 Å². The number of anilines is 3. The van der Waals surface area contributed by atoms with Gasteiger partial charge in [0.25, 0.3) is 10.0 Å². The highest BCUT2D eigenvalue weighted by atomic mass is 32.2. The summed E-state index contributed by atoms with van der Waals surface area (Å²) < 4.78 is 33.6. The SMILES string of the molecule is COc1ccc(C)c(Nc2nc3ccccc3nc2NS(=O)(=O)c2ccccc2)c1. The lowest BCUT2D eigenvalue weighted by Crippen LogP contribution is -2.16. The third-order valence-corrected chi connectivity index (χ3v) is 5.91. The topological polar surface area (TPSA) is 93.2 Å². The molecule has 0 aliphatic rings. The number of nitrogens with zero attached hydrogens (tertiary/aromatic N) is 2. The number of ether oxygens (including phenoxy) is 1. The van der Waals surface area contributed by atoms with Crippen LogP contribution in [0.25, 0.3) is 11.0 Å². The molecule has 0 saturated carbocycles. The molecule has 0 unspecified atom stereocenters. The van der Waals surface area contributed by atoms with Gasteiger partial charge in [0.1, 0.15) is 5.75 Å². The molecule has 1 heterocycles. The predicted octanol–water partition coefficient (Wildman–Crippen LogP) is 4.49. The van der Waals surface area contributed by atoms with E-state index in [2.05, 4.69) is 20.0 Å². The number of fused-ring (bicyclic) bond motifs is 1. The Kier molecular flexibility index (Phi) is 5.24. The van der Waals surface area contributed by atoms with E-state index in [9.17, 15) is 8.42 Å². The van der Waals surface area contributed by atoms with E-state index in [-0.39, 0.29) is 10.7 Å². The second kappa shape index (κ2) is 8.00. The summed E-state index contributed by atoms with van der Waals surface area (Å²) in [5.41, 5.74) is 2.90. The van der Waals surface area contributed by atoms with E-state index >= 15 is 0 Å². The molecule has 4 aromatic rings. The summed E-state index contributed by atoms with van der Waals surface area (Å²) in [7, 11) is -2.25. The van der Waals surface area contributed by atoms with E-state index in [1.165, 1.54) is 12.1 Å². The van der Waals surface area contributed by atoms with Crippen LogP contribution in [-0.4, -0.2) is 25.5 Å². The Labute approximate surface area is 174 Å². The number of aryl methyl sites for hydroxylation is 1. The molecule has 0 aliphatic heterocycles. The highest BCUT2D eigenvalue weighted by Gasteiger charge is 2.19. The first-order chi connectivity index (χ1) is 14.5. The first-order valence-corrected chi connectivity index (χ1v) is 10.7. The van der Waals surface area contributed by atoms with E-state index in [0.717, 1.165) is 11.3 Å². The maximum atomic E-state index is 12.9. The van der Waals surface area contributed by atoms with Gasteiger partial charge in [-0.2, -0.15) is 0 Å². The molecule has 0 amide bonds. The second-order valence-electron chi connectivity index (χ2n) is 6.63. The Morgan fingerprint density at radius 1 is 0.833 bits per heavy atom. The number of sulfonamides is 1. The molecule has 0 aliphatic carbocycles. The van der Waals surface area contributed by atoms with Crippen LogP contribution in [0.4, 0.5) is 17.3 Å². The standard InChI is InChI=1S/C22H20N4O3S/c1-15-12-13-16(29-2)14-20(15)25-21-22(24-19-11-7-6-10-18(19)23-21)26-30(27,28)17-8-4-3-5-9-17/h3-14H,1-2H3,(H,23,25)(H,24,26). The summed E-state index contributed by atoms with van der Waals surface area (Å²) in [4.78, 5) is 9.25. The number of benzene rings is 3. The minimum atomic E-state index is -3.84. The van der Waals surface area contributed by atoms with Gasteiger partial charge in [0.2, 0.25) is 0 Å². The molecule has 8 heteroatoms. The van der Waals surface area contributed by atoms with E-state index in [1.807, 2.05) is 43.3 Å². The van der Waals surface area contributed by atoms with E-state index < -0.39 is 10.0 Å². The summed E-state index contributed by atoms with van der Waals surface area (Å²) >= 11 is 0. The zero-order valence-corrected chi connectivity index (χ0v) is 17.3. The van der Waals surface area contributed by atoms with Gasteiger partial charge in [-0.15, -0.1) is 0 Å². The third-order valence-electron chi connectivity index (χ3n) is 4.55. The Hall–Kier alpha value is -3.65. The van der Waals surface area contributed by atoms with Gasteiger partial charge in [0.05, 0.1) is 23.0 Å². The van der Waals surface area contributed by atoms with Gasteiger partial charge in [0, 0.05) is 11.8 Å². The molecule has 0 spiro atoms. The number of methoxy groups -OCH3 is 1.